The van der Waals surface area contributed by atoms with Crippen molar-refractivity contribution < 1.29 is 13.2 Å². The van der Waals surface area contributed by atoms with Crippen LogP contribution in [-0.4, -0.2) is 63.1 Å². The van der Waals surface area contributed by atoms with Crippen LogP contribution in [0.3, 0.4) is 0 Å². The number of anilines is 1. The molecule has 0 spiro atoms. The van der Waals surface area contributed by atoms with E-state index in [9.17, 15) is 8.42 Å². The van der Waals surface area contributed by atoms with Crippen LogP contribution in [0.15, 0.2) is 6.20 Å². The van der Waals surface area contributed by atoms with Crippen LogP contribution in [0, 0.1) is 5.41 Å². The fraction of sp³-hybridized carbons (Fsp3) is 0.750. The van der Waals surface area contributed by atoms with Crippen LogP contribution in [0.5, 0.6) is 0 Å². The summed E-state index contributed by atoms with van der Waals surface area (Å²) in [6.07, 6.45) is 3.31. The minimum absolute atomic E-state index is 0.0386. The molecule has 140 valence electrons. The first-order valence-corrected chi connectivity index (χ1v) is 10.0. The van der Waals surface area contributed by atoms with Gasteiger partial charge in [0.1, 0.15) is 0 Å². The van der Waals surface area contributed by atoms with E-state index in [1.165, 1.54) is 18.4 Å². The zero-order chi connectivity index (χ0) is 18.2. The summed E-state index contributed by atoms with van der Waals surface area (Å²) in [7, 11) is -0.474. The molecule has 3 rings (SSSR count). The van der Waals surface area contributed by atoms with E-state index in [2.05, 4.69) is 28.5 Å². The molecule has 9 heteroatoms. The molecule has 2 aliphatic rings. The minimum Gasteiger partial charge on any atom is -0.378 e. The maximum atomic E-state index is 12.3. The Morgan fingerprint density at radius 2 is 2.00 bits per heavy atom. The number of rotatable bonds is 4. The fourth-order valence-electron chi connectivity index (χ4n) is 3.34. The van der Waals surface area contributed by atoms with Crippen molar-refractivity contribution in [3.05, 3.63) is 17.5 Å². The molecule has 1 aromatic rings. The van der Waals surface area contributed by atoms with Crippen molar-refractivity contribution >= 4 is 16.2 Å². The molecule has 25 heavy (non-hydrogen) atoms. The predicted octanol–water partition coefficient (Wildman–Crippen LogP) is 0.723. The van der Waals surface area contributed by atoms with Gasteiger partial charge in [0.05, 0.1) is 24.9 Å². The molecule has 0 saturated carbocycles. The summed E-state index contributed by atoms with van der Waals surface area (Å²) in [6.45, 7) is 7.19. The van der Waals surface area contributed by atoms with E-state index in [0.717, 1.165) is 30.8 Å². The van der Waals surface area contributed by atoms with Crippen LogP contribution in [-0.2, 0) is 21.4 Å². The Labute approximate surface area is 149 Å². The van der Waals surface area contributed by atoms with Gasteiger partial charge in [0, 0.05) is 38.9 Å². The van der Waals surface area contributed by atoms with Crippen LogP contribution in [0.4, 0.5) is 5.95 Å². The molecule has 1 aliphatic carbocycles. The van der Waals surface area contributed by atoms with Gasteiger partial charge in [0.25, 0.3) is 10.2 Å². The zero-order valence-corrected chi connectivity index (χ0v) is 16.1. The number of aromatic nitrogens is 2. The minimum atomic E-state index is -3.52. The zero-order valence-electron chi connectivity index (χ0n) is 15.3. The largest absolute Gasteiger partial charge is 0.378 e. The molecule has 0 aromatic carbocycles. The number of hydrogen-bond acceptors (Lipinski definition) is 6. The molecule has 1 N–H and O–H groups in total. The average Bonchev–Trinajstić information content (AvgIpc) is 2.53. The summed E-state index contributed by atoms with van der Waals surface area (Å²) < 4.78 is 33.9. The summed E-state index contributed by atoms with van der Waals surface area (Å²) in [4.78, 5) is 11.4. The standard InChI is InChI=1S/C16H27N5O3S/c1-16(2)9-13-12(14(10-16)19-25(22,23)20(3)4)11-17-15(18-13)21-5-7-24-8-6-21/h11,14,19H,5-10H2,1-4H3. The highest BCUT2D eigenvalue weighted by Crippen LogP contribution is 2.40. The highest BCUT2D eigenvalue weighted by atomic mass is 32.2. The first-order chi connectivity index (χ1) is 11.7. The summed E-state index contributed by atoms with van der Waals surface area (Å²) in [5, 5.41) is 0. The summed E-state index contributed by atoms with van der Waals surface area (Å²) >= 11 is 0. The number of morpholine rings is 1. The second kappa shape index (κ2) is 6.79. The highest BCUT2D eigenvalue weighted by Gasteiger charge is 2.36. The van der Waals surface area contributed by atoms with Crippen molar-refractivity contribution in [2.45, 2.75) is 32.7 Å². The molecular weight excluding hydrogens is 342 g/mol. The fourth-order valence-corrected chi connectivity index (χ4v) is 4.12. The number of nitrogens with one attached hydrogen (secondary N) is 1. The second-order valence-corrected chi connectivity index (χ2v) is 9.59. The predicted molar refractivity (Wildman–Crippen MR) is 95.6 cm³/mol. The van der Waals surface area contributed by atoms with Crippen LogP contribution < -0.4 is 9.62 Å². The molecule has 0 radical (unpaired) electrons. The van der Waals surface area contributed by atoms with Gasteiger partial charge in [-0.15, -0.1) is 0 Å². The third-order valence-electron chi connectivity index (χ3n) is 4.73. The maximum Gasteiger partial charge on any atom is 0.279 e. The van der Waals surface area contributed by atoms with Gasteiger partial charge in [-0.1, -0.05) is 13.8 Å². The number of nitrogens with zero attached hydrogens (tertiary/aromatic N) is 4. The Balaban J connectivity index is 1.92. The highest BCUT2D eigenvalue weighted by molar-refractivity contribution is 7.87. The SMILES string of the molecule is CN(C)S(=O)(=O)NC1CC(C)(C)Cc2nc(N3CCOCC3)ncc21. The van der Waals surface area contributed by atoms with E-state index in [4.69, 9.17) is 9.72 Å². The Kier molecular flexibility index (Phi) is 5.02. The molecule has 1 fully saturated rings. The molecule has 0 bridgehead atoms. The van der Waals surface area contributed by atoms with Gasteiger partial charge in [0.15, 0.2) is 0 Å². The average molecular weight is 369 g/mol. The van der Waals surface area contributed by atoms with Crippen molar-refractivity contribution in [1.29, 1.82) is 0 Å². The van der Waals surface area contributed by atoms with Crippen LogP contribution >= 0.6 is 0 Å². The first-order valence-electron chi connectivity index (χ1n) is 8.56. The van der Waals surface area contributed by atoms with Gasteiger partial charge in [-0.3, -0.25) is 0 Å². The molecule has 1 atom stereocenters. The number of ether oxygens (including phenoxy) is 1. The Hall–Kier alpha value is -1.29. The van der Waals surface area contributed by atoms with Crippen LogP contribution in [0.25, 0.3) is 0 Å². The van der Waals surface area contributed by atoms with Crippen LogP contribution in [0.1, 0.15) is 37.6 Å². The molecule has 1 saturated heterocycles. The Morgan fingerprint density at radius 1 is 1.32 bits per heavy atom. The molecule has 8 nitrogen and oxygen atoms in total. The quantitative estimate of drug-likeness (QED) is 0.842. The van der Waals surface area contributed by atoms with Crippen LogP contribution in [0.2, 0.25) is 0 Å². The van der Waals surface area contributed by atoms with E-state index in [0.29, 0.717) is 25.6 Å². The van der Waals surface area contributed by atoms with E-state index < -0.39 is 10.2 Å². The lowest BCUT2D eigenvalue weighted by molar-refractivity contribution is 0.122. The Morgan fingerprint density at radius 3 is 2.64 bits per heavy atom. The molecule has 2 heterocycles. The monoisotopic (exact) mass is 369 g/mol. The third-order valence-corrected chi connectivity index (χ3v) is 6.28. The van der Waals surface area contributed by atoms with Gasteiger partial charge in [0.2, 0.25) is 5.95 Å². The molecule has 1 aromatic heterocycles. The molecule has 1 unspecified atom stereocenters. The summed E-state index contributed by atoms with van der Waals surface area (Å²) in [5.41, 5.74) is 1.77. The van der Waals surface area contributed by atoms with E-state index >= 15 is 0 Å². The van der Waals surface area contributed by atoms with Crippen molar-refractivity contribution in [1.82, 2.24) is 19.0 Å². The number of hydrogen-bond donors (Lipinski definition) is 1. The van der Waals surface area contributed by atoms with Crippen molar-refractivity contribution in [3.8, 4) is 0 Å². The summed E-state index contributed by atoms with van der Waals surface area (Å²) in [5.74, 6) is 0.703. The van der Waals surface area contributed by atoms with Crippen molar-refractivity contribution in [2.75, 3.05) is 45.3 Å². The molecule has 1 aliphatic heterocycles. The lowest BCUT2D eigenvalue weighted by Gasteiger charge is -2.37. The molecular formula is C16H27N5O3S. The smallest absolute Gasteiger partial charge is 0.279 e. The van der Waals surface area contributed by atoms with E-state index in [1.54, 1.807) is 6.20 Å². The lowest BCUT2D eigenvalue weighted by Crippen LogP contribution is -2.42. The molecule has 0 amide bonds. The number of fused-ring (bicyclic) bond motifs is 1. The Bertz CT molecular complexity index is 729. The van der Waals surface area contributed by atoms with Gasteiger partial charge in [-0.05, 0) is 18.3 Å². The van der Waals surface area contributed by atoms with Gasteiger partial charge < -0.3 is 9.64 Å². The van der Waals surface area contributed by atoms with Gasteiger partial charge in [-0.25, -0.2) is 9.97 Å². The second-order valence-electron chi connectivity index (χ2n) is 7.67. The third kappa shape index (κ3) is 4.11. The maximum absolute atomic E-state index is 12.3. The summed E-state index contributed by atoms with van der Waals surface area (Å²) in [6, 6.07) is -0.315. The topological polar surface area (TPSA) is 87.7 Å². The normalized spacial score (nSPS) is 23.6. The first kappa shape index (κ1) is 18.5. The van der Waals surface area contributed by atoms with Crippen molar-refractivity contribution in [3.63, 3.8) is 0 Å². The van der Waals surface area contributed by atoms with Gasteiger partial charge in [-0.2, -0.15) is 17.4 Å². The van der Waals surface area contributed by atoms with Crippen molar-refractivity contribution in [2.24, 2.45) is 5.41 Å². The van der Waals surface area contributed by atoms with E-state index in [-0.39, 0.29) is 11.5 Å². The van der Waals surface area contributed by atoms with Gasteiger partial charge >= 0.3 is 0 Å². The van der Waals surface area contributed by atoms with E-state index in [1.807, 2.05) is 0 Å². The lowest BCUT2D eigenvalue weighted by atomic mass is 9.74.